The second kappa shape index (κ2) is 3.90. The van der Waals surface area contributed by atoms with E-state index in [1.165, 1.54) is 0 Å². The summed E-state index contributed by atoms with van der Waals surface area (Å²) in [6, 6.07) is 0. The fraction of sp³-hybridized carbons (Fsp3) is 0.917. The van der Waals surface area contributed by atoms with Gasteiger partial charge >= 0.3 is 5.97 Å². The highest BCUT2D eigenvalue weighted by molar-refractivity contribution is 5.79. The molecule has 0 aliphatic heterocycles. The summed E-state index contributed by atoms with van der Waals surface area (Å²) in [5, 5.41) is 10.4. The van der Waals surface area contributed by atoms with Gasteiger partial charge in [-0.1, -0.05) is 0 Å². The molecule has 0 spiro atoms. The lowest BCUT2D eigenvalue weighted by molar-refractivity contribution is -0.193. The van der Waals surface area contributed by atoms with Crippen LogP contribution in [0.4, 0.5) is 8.78 Å². The van der Waals surface area contributed by atoms with Crippen LogP contribution in [0, 0.1) is 5.41 Å². The van der Waals surface area contributed by atoms with Crippen LogP contribution in [0.15, 0.2) is 0 Å². The maximum atomic E-state index is 13.4. The lowest BCUT2D eigenvalue weighted by Crippen LogP contribution is -2.57. The monoisotopic (exact) mass is 248 g/mol. The summed E-state index contributed by atoms with van der Waals surface area (Å²) < 4.78 is 31.7. The zero-order chi connectivity index (χ0) is 12.7. The van der Waals surface area contributed by atoms with Gasteiger partial charge in [0.05, 0.1) is 12.2 Å². The molecule has 0 aromatic heterocycles. The van der Waals surface area contributed by atoms with Crippen LogP contribution in [0.25, 0.3) is 0 Å². The highest BCUT2D eigenvalue weighted by atomic mass is 19.3. The number of hydrogen-bond acceptors (Lipinski definition) is 3. The summed E-state index contributed by atoms with van der Waals surface area (Å²) in [6.45, 7) is 1.80. The first-order valence-electron chi connectivity index (χ1n) is 6.13. The number of alkyl halides is 2. The normalized spacial score (nSPS) is 34.1. The van der Waals surface area contributed by atoms with Gasteiger partial charge in [-0.2, -0.15) is 0 Å². The third-order valence-corrected chi connectivity index (χ3v) is 4.22. The molecule has 0 saturated heterocycles. The molecule has 3 nitrogen and oxygen atoms in total. The van der Waals surface area contributed by atoms with Crippen LogP contribution in [0.5, 0.6) is 0 Å². The molecule has 0 radical (unpaired) electrons. The molecule has 1 N–H and O–H groups in total. The molecular formula is C12H18F2O3. The van der Waals surface area contributed by atoms with E-state index in [0.717, 1.165) is 6.42 Å². The quantitative estimate of drug-likeness (QED) is 0.779. The molecular weight excluding hydrogens is 230 g/mol. The van der Waals surface area contributed by atoms with E-state index in [1.54, 1.807) is 6.92 Å². The van der Waals surface area contributed by atoms with Crippen LogP contribution in [-0.4, -0.2) is 29.2 Å². The predicted molar refractivity (Wildman–Crippen MR) is 56.7 cm³/mol. The molecule has 98 valence electrons. The van der Waals surface area contributed by atoms with Crippen molar-refractivity contribution in [3.8, 4) is 0 Å². The lowest BCUT2D eigenvalue weighted by Gasteiger charge is -2.48. The van der Waals surface area contributed by atoms with Crippen molar-refractivity contribution in [3.63, 3.8) is 0 Å². The number of hydrogen-bond donors (Lipinski definition) is 1. The van der Waals surface area contributed by atoms with Crippen LogP contribution >= 0.6 is 0 Å². The van der Waals surface area contributed by atoms with Crippen molar-refractivity contribution in [2.75, 3.05) is 6.61 Å². The Hall–Kier alpha value is -0.710. The first-order valence-corrected chi connectivity index (χ1v) is 6.13. The second-order valence-electron chi connectivity index (χ2n) is 5.22. The lowest BCUT2D eigenvalue weighted by atomic mass is 9.60. The zero-order valence-electron chi connectivity index (χ0n) is 9.97. The van der Waals surface area contributed by atoms with Crippen LogP contribution in [0.3, 0.4) is 0 Å². The third kappa shape index (κ3) is 1.84. The van der Waals surface area contributed by atoms with Gasteiger partial charge in [0, 0.05) is 12.8 Å². The summed E-state index contributed by atoms with van der Waals surface area (Å²) in [5.74, 6) is -3.52. The molecule has 2 aliphatic carbocycles. The Morgan fingerprint density at radius 2 is 1.94 bits per heavy atom. The van der Waals surface area contributed by atoms with Crippen molar-refractivity contribution in [3.05, 3.63) is 0 Å². The average Bonchev–Trinajstić information content (AvgIpc) is 2.53. The number of carbonyl (C=O) groups is 1. The van der Waals surface area contributed by atoms with E-state index in [-0.39, 0.29) is 19.4 Å². The van der Waals surface area contributed by atoms with E-state index in [9.17, 15) is 18.7 Å². The summed E-state index contributed by atoms with van der Waals surface area (Å²) in [7, 11) is 0. The van der Waals surface area contributed by atoms with Crippen LogP contribution < -0.4 is 0 Å². The fourth-order valence-electron chi connectivity index (χ4n) is 3.04. The maximum Gasteiger partial charge on any atom is 0.315 e. The van der Waals surface area contributed by atoms with Crippen molar-refractivity contribution in [2.24, 2.45) is 5.41 Å². The van der Waals surface area contributed by atoms with Gasteiger partial charge in [0.25, 0.3) is 0 Å². The van der Waals surface area contributed by atoms with Crippen LogP contribution in [0.2, 0.25) is 0 Å². The first kappa shape index (κ1) is 12.7. The molecule has 0 bridgehead atoms. The van der Waals surface area contributed by atoms with Crippen LogP contribution in [0.1, 0.15) is 45.4 Å². The number of halogens is 2. The minimum Gasteiger partial charge on any atom is -0.465 e. The number of aliphatic hydroxyl groups is 1. The van der Waals surface area contributed by atoms with Gasteiger partial charge in [-0.15, -0.1) is 0 Å². The van der Waals surface area contributed by atoms with Gasteiger partial charge in [0.15, 0.2) is 0 Å². The molecule has 0 aromatic rings. The van der Waals surface area contributed by atoms with Gasteiger partial charge in [-0.25, -0.2) is 8.78 Å². The standard InChI is InChI=1S/C12H18F2O3/c1-2-17-9(15)10(11(16)4-3-5-11)6-7-12(13,14)8-10/h16H,2-8H2,1H3. The SMILES string of the molecule is CCOC(=O)C1(C2(O)CCC2)CCC(F)(F)C1. The molecule has 1 unspecified atom stereocenters. The second-order valence-corrected chi connectivity index (χ2v) is 5.22. The molecule has 2 aliphatic rings. The molecule has 2 fully saturated rings. The summed E-state index contributed by atoms with van der Waals surface area (Å²) in [6.07, 6.45) is 0.728. The first-order chi connectivity index (χ1) is 7.85. The van der Waals surface area contributed by atoms with E-state index in [1.807, 2.05) is 0 Å². The van der Waals surface area contributed by atoms with Crippen molar-refractivity contribution >= 4 is 5.97 Å². The molecule has 0 heterocycles. The largest absolute Gasteiger partial charge is 0.465 e. The smallest absolute Gasteiger partial charge is 0.315 e. The fourth-order valence-corrected chi connectivity index (χ4v) is 3.04. The Labute approximate surface area is 99.1 Å². The average molecular weight is 248 g/mol. The van der Waals surface area contributed by atoms with E-state index in [2.05, 4.69) is 0 Å². The Morgan fingerprint density at radius 1 is 1.29 bits per heavy atom. The Kier molecular flexibility index (Phi) is 2.92. The van der Waals surface area contributed by atoms with E-state index < -0.39 is 29.3 Å². The minimum atomic E-state index is -2.86. The summed E-state index contributed by atoms with van der Waals surface area (Å²) in [4.78, 5) is 12.0. The Balaban J connectivity index is 2.28. The Morgan fingerprint density at radius 3 is 2.29 bits per heavy atom. The highest BCUT2D eigenvalue weighted by Gasteiger charge is 2.66. The van der Waals surface area contributed by atoms with Crippen molar-refractivity contribution in [2.45, 2.75) is 57.0 Å². The van der Waals surface area contributed by atoms with Gasteiger partial charge in [0.1, 0.15) is 5.41 Å². The summed E-state index contributed by atoms with van der Waals surface area (Å²) >= 11 is 0. The predicted octanol–water partition coefficient (Wildman–Crippen LogP) is 2.27. The minimum absolute atomic E-state index is 0.0231. The topological polar surface area (TPSA) is 46.5 Å². The molecule has 2 saturated carbocycles. The van der Waals surface area contributed by atoms with Crippen LogP contribution in [-0.2, 0) is 9.53 Å². The van der Waals surface area contributed by atoms with Crippen molar-refractivity contribution in [1.29, 1.82) is 0 Å². The molecule has 5 heteroatoms. The van der Waals surface area contributed by atoms with Gasteiger partial charge in [-0.3, -0.25) is 4.79 Å². The summed E-state index contributed by atoms with van der Waals surface area (Å²) in [5.41, 5.74) is -2.66. The molecule has 0 amide bonds. The molecule has 1 atom stereocenters. The van der Waals surface area contributed by atoms with E-state index in [4.69, 9.17) is 4.74 Å². The molecule has 0 aromatic carbocycles. The number of esters is 1. The highest BCUT2D eigenvalue weighted by Crippen LogP contribution is 2.59. The molecule has 17 heavy (non-hydrogen) atoms. The maximum absolute atomic E-state index is 13.4. The van der Waals surface area contributed by atoms with Gasteiger partial charge < -0.3 is 9.84 Å². The van der Waals surface area contributed by atoms with Crippen molar-refractivity contribution < 1.29 is 23.4 Å². The number of carbonyl (C=O) groups excluding carboxylic acids is 1. The van der Waals surface area contributed by atoms with E-state index >= 15 is 0 Å². The third-order valence-electron chi connectivity index (χ3n) is 4.22. The zero-order valence-corrected chi connectivity index (χ0v) is 9.97. The van der Waals surface area contributed by atoms with Gasteiger partial charge in [-0.05, 0) is 32.6 Å². The van der Waals surface area contributed by atoms with Crippen molar-refractivity contribution in [1.82, 2.24) is 0 Å². The number of rotatable bonds is 3. The number of ether oxygens (including phenoxy) is 1. The molecule has 2 rings (SSSR count). The van der Waals surface area contributed by atoms with Gasteiger partial charge in [0.2, 0.25) is 5.92 Å². The Bertz CT molecular complexity index is 326. The van der Waals surface area contributed by atoms with E-state index in [0.29, 0.717) is 12.8 Å².